The molecule has 1 saturated heterocycles. The Balaban J connectivity index is 1.56. The second-order valence-electron chi connectivity index (χ2n) is 9.37. The number of esters is 1. The van der Waals surface area contributed by atoms with E-state index in [0.717, 1.165) is 37.7 Å². The second-order valence-corrected chi connectivity index (χ2v) is 9.37. The summed E-state index contributed by atoms with van der Waals surface area (Å²) in [7, 11) is 0. The van der Waals surface area contributed by atoms with Crippen molar-refractivity contribution in [1.82, 2.24) is 10.6 Å². The lowest BCUT2D eigenvalue weighted by molar-refractivity contribution is -0.146. The fourth-order valence-corrected chi connectivity index (χ4v) is 5.23. The van der Waals surface area contributed by atoms with Gasteiger partial charge in [0.15, 0.2) is 5.78 Å². The Morgan fingerprint density at radius 1 is 1.22 bits per heavy atom. The van der Waals surface area contributed by atoms with Crippen LogP contribution in [0.1, 0.15) is 57.9 Å². The molecule has 0 bridgehead atoms. The molecule has 0 amide bonds. The molecule has 7 nitrogen and oxygen atoms in total. The minimum atomic E-state index is -0.802. The molecule has 2 fully saturated rings. The van der Waals surface area contributed by atoms with Gasteiger partial charge in [-0.25, -0.2) is 0 Å². The van der Waals surface area contributed by atoms with Gasteiger partial charge in [0.2, 0.25) is 0 Å². The van der Waals surface area contributed by atoms with Crippen LogP contribution < -0.4 is 10.6 Å². The number of carboxylic acid groups (broad SMARTS) is 1. The average Bonchev–Trinajstić information content (AvgIpc) is 3.20. The number of ether oxygens (including phenoxy) is 1. The number of aryl methyl sites for hydroxylation is 1. The van der Waals surface area contributed by atoms with Gasteiger partial charge in [-0.3, -0.25) is 19.7 Å². The fourth-order valence-electron chi connectivity index (χ4n) is 5.23. The van der Waals surface area contributed by atoms with Crippen molar-refractivity contribution in [2.24, 2.45) is 11.3 Å². The number of carboxylic acids is 1. The summed E-state index contributed by atoms with van der Waals surface area (Å²) in [5.74, 6) is -1.04. The van der Waals surface area contributed by atoms with Crippen molar-refractivity contribution in [2.75, 3.05) is 13.2 Å². The van der Waals surface area contributed by atoms with Gasteiger partial charge in [-0.15, -0.1) is 0 Å². The maximum absolute atomic E-state index is 13.2. The van der Waals surface area contributed by atoms with Crippen LogP contribution in [0, 0.1) is 11.3 Å². The number of Topliss-reactive ketones (excluding diaryl/α,β-unsaturated/α-hetero) is 1. The number of hydrogen-bond donors (Lipinski definition) is 3. The molecular formula is C25H36N2O5. The standard InChI is InChI=1S/C25H36N2O5/c1-3-32-24(31)21(10-9-18-7-5-4-6-8-18)27-17(2)22(28)19-11-13-25(15-19)14-12-20(23(29)30)26-16-25/h4-8,17,19-21,26-27H,3,9-16H2,1-2H3,(H,29,30)/t17-,19?,20-,21?,25?/m0/s1. The van der Waals surface area contributed by atoms with Crippen molar-refractivity contribution < 1.29 is 24.2 Å². The Kier molecular flexibility index (Phi) is 8.43. The topological polar surface area (TPSA) is 105 Å². The van der Waals surface area contributed by atoms with Crippen LogP contribution >= 0.6 is 0 Å². The normalized spacial score (nSPS) is 27.1. The summed E-state index contributed by atoms with van der Waals surface area (Å²) in [6.45, 7) is 4.58. The Labute approximate surface area is 190 Å². The lowest BCUT2D eigenvalue weighted by Crippen LogP contribution is -2.49. The van der Waals surface area contributed by atoms with Crippen LogP contribution in [-0.2, 0) is 25.5 Å². The fraction of sp³-hybridized carbons (Fsp3) is 0.640. The number of aliphatic carboxylic acids is 1. The summed E-state index contributed by atoms with van der Waals surface area (Å²) >= 11 is 0. The molecule has 5 atom stereocenters. The van der Waals surface area contributed by atoms with E-state index in [-0.39, 0.29) is 23.1 Å². The van der Waals surface area contributed by atoms with E-state index in [0.29, 0.717) is 26.0 Å². The maximum Gasteiger partial charge on any atom is 0.323 e. The number of carbonyl (C=O) groups excluding carboxylic acids is 2. The van der Waals surface area contributed by atoms with Gasteiger partial charge >= 0.3 is 11.9 Å². The van der Waals surface area contributed by atoms with Crippen LogP contribution in [0.3, 0.4) is 0 Å². The number of hydrogen-bond acceptors (Lipinski definition) is 6. The van der Waals surface area contributed by atoms with Gasteiger partial charge in [-0.05, 0) is 69.8 Å². The molecule has 176 valence electrons. The lowest BCUT2D eigenvalue weighted by atomic mass is 9.76. The number of rotatable bonds is 10. The summed E-state index contributed by atoms with van der Waals surface area (Å²) in [6, 6.07) is 8.52. The van der Waals surface area contributed by atoms with E-state index >= 15 is 0 Å². The van der Waals surface area contributed by atoms with Crippen molar-refractivity contribution in [3.63, 3.8) is 0 Å². The SMILES string of the molecule is CCOC(=O)C(CCc1ccccc1)N[C@@H](C)C(=O)C1CCC2(CC[C@@H](C(=O)O)NC2)C1. The van der Waals surface area contributed by atoms with E-state index in [1.165, 1.54) is 0 Å². The molecule has 3 rings (SSSR count). The maximum atomic E-state index is 13.2. The molecule has 1 aliphatic carbocycles. The second kappa shape index (κ2) is 11.1. The molecule has 1 aromatic carbocycles. The van der Waals surface area contributed by atoms with Crippen molar-refractivity contribution in [3.05, 3.63) is 35.9 Å². The van der Waals surface area contributed by atoms with Crippen LogP contribution in [0.4, 0.5) is 0 Å². The van der Waals surface area contributed by atoms with Gasteiger partial charge in [0.25, 0.3) is 0 Å². The minimum absolute atomic E-state index is 0.0137. The Morgan fingerprint density at radius 2 is 1.94 bits per heavy atom. The first kappa shape index (κ1) is 24.4. The number of ketones is 1. The lowest BCUT2D eigenvalue weighted by Gasteiger charge is -2.37. The van der Waals surface area contributed by atoms with Crippen LogP contribution in [0.25, 0.3) is 0 Å². The molecule has 2 aliphatic rings. The van der Waals surface area contributed by atoms with Gasteiger partial charge in [0.1, 0.15) is 12.1 Å². The van der Waals surface area contributed by atoms with Crippen LogP contribution in [0.2, 0.25) is 0 Å². The van der Waals surface area contributed by atoms with Gasteiger partial charge in [-0.1, -0.05) is 30.3 Å². The highest BCUT2D eigenvalue weighted by Crippen LogP contribution is 2.47. The first-order valence-corrected chi connectivity index (χ1v) is 11.8. The van der Waals surface area contributed by atoms with E-state index in [1.54, 1.807) is 6.92 Å². The molecule has 1 aromatic rings. The number of nitrogens with one attached hydrogen (secondary N) is 2. The summed E-state index contributed by atoms with van der Waals surface area (Å²) < 4.78 is 5.25. The third-order valence-electron chi connectivity index (χ3n) is 7.10. The van der Waals surface area contributed by atoms with Crippen molar-refractivity contribution >= 4 is 17.7 Å². The van der Waals surface area contributed by atoms with Crippen LogP contribution in [0.5, 0.6) is 0 Å². The van der Waals surface area contributed by atoms with Gasteiger partial charge in [0, 0.05) is 12.5 Å². The van der Waals surface area contributed by atoms with Crippen LogP contribution in [-0.4, -0.2) is 54.1 Å². The smallest absolute Gasteiger partial charge is 0.323 e. The summed E-state index contributed by atoms with van der Waals surface area (Å²) in [6.07, 6.45) is 5.27. The van der Waals surface area contributed by atoms with E-state index in [2.05, 4.69) is 10.6 Å². The molecule has 0 radical (unpaired) electrons. The summed E-state index contributed by atoms with van der Waals surface area (Å²) in [5.41, 5.74) is 1.16. The molecular weight excluding hydrogens is 408 g/mol. The van der Waals surface area contributed by atoms with Gasteiger partial charge in [-0.2, -0.15) is 0 Å². The Hall–Kier alpha value is -2.25. The van der Waals surface area contributed by atoms with E-state index in [9.17, 15) is 19.5 Å². The average molecular weight is 445 g/mol. The summed E-state index contributed by atoms with van der Waals surface area (Å²) in [5, 5.41) is 15.6. The highest BCUT2D eigenvalue weighted by Gasteiger charge is 2.45. The first-order valence-electron chi connectivity index (χ1n) is 11.8. The molecule has 3 unspecified atom stereocenters. The van der Waals surface area contributed by atoms with E-state index < -0.39 is 24.1 Å². The van der Waals surface area contributed by atoms with Crippen molar-refractivity contribution in [1.29, 1.82) is 0 Å². The molecule has 1 heterocycles. The monoisotopic (exact) mass is 444 g/mol. The third-order valence-corrected chi connectivity index (χ3v) is 7.10. The predicted molar refractivity (Wildman–Crippen MR) is 121 cm³/mol. The van der Waals surface area contributed by atoms with Gasteiger partial charge in [0.05, 0.1) is 12.6 Å². The number of carbonyl (C=O) groups is 3. The summed E-state index contributed by atoms with van der Waals surface area (Å²) in [4.78, 5) is 36.9. The number of benzene rings is 1. The molecule has 0 aromatic heterocycles. The molecule has 1 spiro atoms. The Morgan fingerprint density at radius 3 is 2.56 bits per heavy atom. The largest absolute Gasteiger partial charge is 0.480 e. The molecule has 3 N–H and O–H groups in total. The molecule has 1 aliphatic heterocycles. The zero-order chi connectivity index (χ0) is 23.1. The third kappa shape index (κ3) is 6.17. The highest BCUT2D eigenvalue weighted by molar-refractivity contribution is 5.87. The Bertz CT molecular complexity index is 789. The van der Waals surface area contributed by atoms with Crippen LogP contribution in [0.15, 0.2) is 30.3 Å². The van der Waals surface area contributed by atoms with E-state index in [4.69, 9.17) is 4.74 Å². The zero-order valence-corrected chi connectivity index (χ0v) is 19.1. The minimum Gasteiger partial charge on any atom is -0.480 e. The first-order chi connectivity index (χ1) is 15.3. The molecule has 1 saturated carbocycles. The number of piperidine rings is 1. The van der Waals surface area contributed by atoms with Crippen molar-refractivity contribution in [2.45, 2.75) is 76.9 Å². The van der Waals surface area contributed by atoms with E-state index in [1.807, 2.05) is 37.3 Å². The highest BCUT2D eigenvalue weighted by atomic mass is 16.5. The predicted octanol–water partition coefficient (Wildman–Crippen LogP) is 2.72. The molecule has 32 heavy (non-hydrogen) atoms. The quantitative estimate of drug-likeness (QED) is 0.477. The van der Waals surface area contributed by atoms with Crippen molar-refractivity contribution in [3.8, 4) is 0 Å². The van der Waals surface area contributed by atoms with Gasteiger partial charge < -0.3 is 15.2 Å². The molecule has 7 heteroatoms. The zero-order valence-electron chi connectivity index (χ0n) is 19.1.